The summed E-state index contributed by atoms with van der Waals surface area (Å²) in [5.74, 6) is 0.806. The average molecular weight is 543 g/mol. The van der Waals surface area contributed by atoms with Crippen LogP contribution in [0.1, 0.15) is 55.1 Å². The minimum Gasteiger partial charge on any atom is -0.492 e. The number of nitrogens with one attached hydrogen (secondary N) is 2. The van der Waals surface area contributed by atoms with E-state index in [4.69, 9.17) is 4.74 Å². The number of aryl methyl sites for hydroxylation is 1. The minimum atomic E-state index is -3.79. The molecule has 2 atom stereocenters. The van der Waals surface area contributed by atoms with E-state index in [0.29, 0.717) is 13.2 Å². The van der Waals surface area contributed by atoms with Crippen LogP contribution in [-0.4, -0.2) is 21.6 Å². The van der Waals surface area contributed by atoms with Crippen LogP contribution in [0.2, 0.25) is 0 Å². The first-order valence-electron chi connectivity index (χ1n) is 13.3. The highest BCUT2D eigenvalue weighted by Crippen LogP contribution is 2.31. The fraction of sp³-hybridized carbons (Fsp3) is 0.273. The number of hydrogen-bond donors (Lipinski definition) is 2. The summed E-state index contributed by atoms with van der Waals surface area (Å²) >= 11 is 0. The Morgan fingerprint density at radius 2 is 1.26 bits per heavy atom. The lowest BCUT2D eigenvalue weighted by atomic mass is 9.87. The monoisotopic (exact) mass is 542 g/mol. The number of sulfonamides is 1. The molecule has 0 bridgehead atoms. The van der Waals surface area contributed by atoms with Gasteiger partial charge in [0.2, 0.25) is 10.0 Å². The Morgan fingerprint density at radius 1 is 0.718 bits per heavy atom. The van der Waals surface area contributed by atoms with Gasteiger partial charge in [0.25, 0.3) is 0 Å². The lowest BCUT2D eigenvalue weighted by Gasteiger charge is -2.30. The topological polar surface area (TPSA) is 67.4 Å². The summed E-state index contributed by atoms with van der Waals surface area (Å²) in [4.78, 5) is 0.239. The Kier molecular flexibility index (Phi) is 9.23. The van der Waals surface area contributed by atoms with E-state index in [9.17, 15) is 8.42 Å². The molecule has 0 heterocycles. The van der Waals surface area contributed by atoms with E-state index in [2.05, 4.69) is 42.9 Å². The molecule has 2 N–H and O–H groups in total. The number of benzene rings is 4. The zero-order valence-corrected chi connectivity index (χ0v) is 23.9. The second kappa shape index (κ2) is 12.6. The molecule has 204 valence electrons. The van der Waals surface area contributed by atoms with Crippen molar-refractivity contribution in [2.75, 3.05) is 13.2 Å². The van der Waals surface area contributed by atoms with Gasteiger partial charge >= 0.3 is 0 Å². The molecule has 0 fully saturated rings. The molecule has 0 aromatic heterocycles. The molecule has 0 saturated carbocycles. The highest BCUT2D eigenvalue weighted by Gasteiger charge is 2.29. The molecule has 4 aromatic carbocycles. The number of hydrogen-bond acceptors (Lipinski definition) is 4. The molecule has 4 rings (SSSR count). The maximum Gasteiger partial charge on any atom is 0.241 e. The van der Waals surface area contributed by atoms with Crippen molar-refractivity contribution in [3.63, 3.8) is 0 Å². The van der Waals surface area contributed by atoms with Crippen LogP contribution in [-0.2, 0) is 15.4 Å². The Hall–Kier alpha value is -3.45. The summed E-state index contributed by atoms with van der Waals surface area (Å²) in [6.45, 7) is 9.46. The van der Waals surface area contributed by atoms with Crippen molar-refractivity contribution in [3.8, 4) is 5.75 Å². The molecular weight excluding hydrogens is 504 g/mol. The van der Waals surface area contributed by atoms with Gasteiger partial charge in [0.05, 0.1) is 17.0 Å². The highest BCUT2D eigenvalue weighted by atomic mass is 32.2. The standard InChI is InChI=1S/C33H38N2O3S/c1-25-15-21-30(22-16-25)39(36,37)35-32(27-13-9-6-10-14-27)31(26-11-7-5-8-12-26)34-23-24-38-29-19-17-28(18-20-29)33(2,3)4/h5-22,31-32,34-35H,23-24H2,1-4H3/t31-,32-/m1/s1. The lowest BCUT2D eigenvalue weighted by Crippen LogP contribution is -2.39. The SMILES string of the molecule is Cc1ccc(S(=O)(=O)N[C@H](c2ccccc2)[C@H](NCCOc2ccc(C(C)(C)C)cc2)c2ccccc2)cc1. The predicted molar refractivity (Wildman–Crippen MR) is 159 cm³/mol. The van der Waals surface area contributed by atoms with Crippen molar-refractivity contribution in [1.82, 2.24) is 10.0 Å². The largest absolute Gasteiger partial charge is 0.492 e. The third-order valence-corrected chi connectivity index (χ3v) is 8.18. The predicted octanol–water partition coefficient (Wildman–Crippen LogP) is 6.72. The Bertz CT molecular complexity index is 1410. The molecule has 0 radical (unpaired) electrons. The van der Waals surface area contributed by atoms with Crippen LogP contribution in [0, 0.1) is 6.92 Å². The van der Waals surface area contributed by atoms with Gasteiger partial charge in [-0.3, -0.25) is 0 Å². The minimum absolute atomic E-state index is 0.0847. The van der Waals surface area contributed by atoms with Gasteiger partial charge in [-0.25, -0.2) is 13.1 Å². The fourth-order valence-electron chi connectivity index (χ4n) is 4.46. The van der Waals surface area contributed by atoms with Crippen LogP contribution in [0.3, 0.4) is 0 Å². The molecule has 0 spiro atoms. The Morgan fingerprint density at radius 3 is 1.79 bits per heavy atom. The smallest absolute Gasteiger partial charge is 0.241 e. The molecule has 0 aliphatic heterocycles. The Balaban J connectivity index is 1.56. The van der Waals surface area contributed by atoms with Crippen LogP contribution in [0.4, 0.5) is 0 Å². The molecule has 0 amide bonds. The summed E-state index contributed by atoms with van der Waals surface area (Å²) in [5, 5.41) is 3.57. The second-order valence-electron chi connectivity index (χ2n) is 10.8. The van der Waals surface area contributed by atoms with Gasteiger partial charge in [0.15, 0.2) is 0 Å². The van der Waals surface area contributed by atoms with E-state index in [0.717, 1.165) is 22.4 Å². The first-order valence-corrected chi connectivity index (χ1v) is 14.8. The third-order valence-electron chi connectivity index (χ3n) is 6.72. The molecule has 5 nitrogen and oxygen atoms in total. The molecule has 0 aliphatic carbocycles. The molecule has 6 heteroatoms. The van der Waals surface area contributed by atoms with Gasteiger partial charge in [0, 0.05) is 6.54 Å². The van der Waals surface area contributed by atoms with Crippen LogP contribution in [0.25, 0.3) is 0 Å². The van der Waals surface area contributed by atoms with Gasteiger partial charge in [-0.1, -0.05) is 111 Å². The first kappa shape index (κ1) is 28.6. The van der Waals surface area contributed by atoms with E-state index < -0.39 is 16.1 Å². The summed E-state index contributed by atoms with van der Waals surface area (Å²) in [6, 6.07) is 33.8. The van der Waals surface area contributed by atoms with E-state index in [-0.39, 0.29) is 16.4 Å². The van der Waals surface area contributed by atoms with E-state index in [1.165, 1.54) is 5.56 Å². The van der Waals surface area contributed by atoms with Crippen molar-refractivity contribution < 1.29 is 13.2 Å². The van der Waals surface area contributed by atoms with E-state index in [1.807, 2.05) is 91.9 Å². The average Bonchev–Trinajstić information content (AvgIpc) is 2.93. The normalized spacial score (nSPS) is 13.5. The summed E-state index contributed by atoms with van der Waals surface area (Å²) in [6.07, 6.45) is 0. The van der Waals surface area contributed by atoms with Crippen molar-refractivity contribution in [2.24, 2.45) is 0 Å². The van der Waals surface area contributed by atoms with E-state index >= 15 is 0 Å². The van der Waals surface area contributed by atoms with Gasteiger partial charge in [-0.2, -0.15) is 0 Å². The first-order chi connectivity index (χ1) is 18.6. The Labute approximate surface area is 233 Å². The number of ether oxygens (including phenoxy) is 1. The van der Waals surface area contributed by atoms with Gasteiger partial charge in [-0.15, -0.1) is 0 Å². The zero-order chi connectivity index (χ0) is 27.9. The van der Waals surface area contributed by atoms with Crippen molar-refractivity contribution >= 4 is 10.0 Å². The quantitative estimate of drug-likeness (QED) is 0.206. The van der Waals surface area contributed by atoms with Gasteiger partial charge < -0.3 is 10.1 Å². The van der Waals surface area contributed by atoms with E-state index in [1.54, 1.807) is 12.1 Å². The van der Waals surface area contributed by atoms with Crippen LogP contribution < -0.4 is 14.8 Å². The van der Waals surface area contributed by atoms with Crippen LogP contribution in [0.15, 0.2) is 114 Å². The second-order valence-corrected chi connectivity index (χ2v) is 12.5. The van der Waals surface area contributed by atoms with Crippen molar-refractivity contribution in [3.05, 3.63) is 131 Å². The lowest BCUT2D eigenvalue weighted by molar-refractivity contribution is 0.296. The maximum absolute atomic E-state index is 13.5. The summed E-state index contributed by atoms with van der Waals surface area (Å²) in [5.41, 5.74) is 4.19. The van der Waals surface area contributed by atoms with Gasteiger partial charge in [-0.05, 0) is 53.3 Å². The zero-order valence-electron chi connectivity index (χ0n) is 23.1. The third kappa shape index (κ3) is 7.79. The van der Waals surface area contributed by atoms with Gasteiger partial charge in [0.1, 0.15) is 12.4 Å². The number of rotatable bonds is 11. The van der Waals surface area contributed by atoms with Crippen LogP contribution >= 0.6 is 0 Å². The maximum atomic E-state index is 13.5. The van der Waals surface area contributed by atoms with Crippen LogP contribution in [0.5, 0.6) is 5.75 Å². The van der Waals surface area contributed by atoms with Crippen molar-refractivity contribution in [1.29, 1.82) is 0 Å². The highest BCUT2D eigenvalue weighted by molar-refractivity contribution is 7.89. The van der Waals surface area contributed by atoms with Crippen molar-refractivity contribution in [2.45, 2.75) is 50.1 Å². The molecule has 39 heavy (non-hydrogen) atoms. The molecular formula is C33H38N2O3S. The molecule has 4 aromatic rings. The molecule has 0 aliphatic rings. The fourth-order valence-corrected chi connectivity index (χ4v) is 5.70. The molecule has 0 unspecified atom stereocenters. The summed E-state index contributed by atoms with van der Waals surface area (Å²) < 4.78 is 36.0. The molecule has 0 saturated heterocycles. The summed E-state index contributed by atoms with van der Waals surface area (Å²) in [7, 11) is -3.79.